The van der Waals surface area contributed by atoms with Crippen molar-refractivity contribution in [3.05, 3.63) is 59.6 Å². The summed E-state index contributed by atoms with van der Waals surface area (Å²) in [7, 11) is 0. The van der Waals surface area contributed by atoms with Crippen molar-refractivity contribution in [3.8, 4) is 11.6 Å². The Kier molecular flexibility index (Phi) is 5.10. The minimum Gasteiger partial charge on any atom is -0.419 e. The first-order chi connectivity index (χ1) is 13.6. The molecule has 28 heavy (non-hydrogen) atoms. The highest BCUT2D eigenvalue weighted by Crippen LogP contribution is 2.28. The number of carbonyl (C=O) groups is 1. The van der Waals surface area contributed by atoms with E-state index in [1.165, 1.54) is 6.07 Å². The Labute approximate surface area is 161 Å². The number of nitrogens with zero attached hydrogens (tertiary/aromatic N) is 5. The zero-order chi connectivity index (χ0) is 19.5. The summed E-state index contributed by atoms with van der Waals surface area (Å²) in [6.07, 6.45) is 4.67. The number of halogens is 1. The predicted molar refractivity (Wildman–Crippen MR) is 98.7 cm³/mol. The molecular formula is C20H20FN5O2. The highest BCUT2D eigenvalue weighted by Gasteiger charge is 2.31. The zero-order valence-electron chi connectivity index (χ0n) is 15.5. The van der Waals surface area contributed by atoms with E-state index in [-0.39, 0.29) is 24.1 Å². The lowest BCUT2D eigenvalue weighted by molar-refractivity contribution is -0.130. The number of aromatic nitrogens is 4. The van der Waals surface area contributed by atoms with Crippen molar-refractivity contribution < 1.29 is 13.6 Å². The van der Waals surface area contributed by atoms with Gasteiger partial charge in [0.05, 0.1) is 17.8 Å². The van der Waals surface area contributed by atoms with Crippen molar-refractivity contribution in [1.29, 1.82) is 0 Å². The summed E-state index contributed by atoms with van der Waals surface area (Å²) in [6, 6.07) is 6.55. The molecule has 1 aliphatic rings. The third-order valence-corrected chi connectivity index (χ3v) is 4.90. The molecule has 0 spiro atoms. The van der Waals surface area contributed by atoms with Gasteiger partial charge in [0.1, 0.15) is 11.5 Å². The number of carbonyl (C=O) groups excluding carboxylic acids is 1. The number of likely N-dealkylation sites (tertiary alicyclic amines) is 1. The van der Waals surface area contributed by atoms with Crippen molar-refractivity contribution in [1.82, 2.24) is 25.1 Å². The minimum absolute atomic E-state index is 0.00271. The number of amides is 1. The van der Waals surface area contributed by atoms with Crippen LogP contribution < -0.4 is 0 Å². The molecule has 1 aromatic carbocycles. The van der Waals surface area contributed by atoms with Crippen LogP contribution in [0.2, 0.25) is 0 Å². The number of hydrogen-bond donors (Lipinski definition) is 0. The highest BCUT2D eigenvalue weighted by molar-refractivity contribution is 5.76. The number of aryl methyl sites for hydroxylation is 2. The van der Waals surface area contributed by atoms with Crippen LogP contribution >= 0.6 is 0 Å². The largest absolute Gasteiger partial charge is 0.419 e. The zero-order valence-corrected chi connectivity index (χ0v) is 15.5. The summed E-state index contributed by atoms with van der Waals surface area (Å²) < 4.78 is 19.5. The first kappa shape index (κ1) is 18.2. The van der Waals surface area contributed by atoms with Gasteiger partial charge in [-0.3, -0.25) is 9.78 Å². The number of rotatable bonds is 5. The van der Waals surface area contributed by atoms with Crippen LogP contribution in [0.15, 0.2) is 41.1 Å². The normalized spacial score (nSPS) is 16.5. The van der Waals surface area contributed by atoms with Crippen molar-refractivity contribution in [2.45, 2.75) is 32.1 Å². The molecule has 1 amide bonds. The summed E-state index contributed by atoms with van der Waals surface area (Å²) in [6.45, 7) is 3.01. The van der Waals surface area contributed by atoms with Crippen molar-refractivity contribution in [3.63, 3.8) is 0 Å². The minimum atomic E-state index is -0.271. The summed E-state index contributed by atoms with van der Waals surface area (Å²) in [4.78, 5) is 22.7. The van der Waals surface area contributed by atoms with E-state index < -0.39 is 0 Å². The van der Waals surface area contributed by atoms with Gasteiger partial charge in [-0.1, -0.05) is 18.2 Å². The van der Waals surface area contributed by atoms with Gasteiger partial charge < -0.3 is 9.32 Å². The molecule has 7 nitrogen and oxygen atoms in total. The Hall–Kier alpha value is -3.16. The topological polar surface area (TPSA) is 85.0 Å². The van der Waals surface area contributed by atoms with E-state index in [1.807, 2.05) is 6.92 Å². The van der Waals surface area contributed by atoms with Gasteiger partial charge in [0.25, 0.3) is 5.89 Å². The van der Waals surface area contributed by atoms with Crippen LogP contribution in [0.5, 0.6) is 0 Å². The molecule has 1 unspecified atom stereocenters. The molecule has 0 N–H and O–H groups in total. The SMILES string of the molecule is Cc1cnc(-c2nnc(C3CCN(C(=O)CCc4ccccc4F)C3)o2)cn1. The fourth-order valence-corrected chi connectivity index (χ4v) is 3.30. The average molecular weight is 381 g/mol. The summed E-state index contributed by atoms with van der Waals surface area (Å²) in [5, 5.41) is 8.18. The molecule has 0 bridgehead atoms. The second kappa shape index (κ2) is 7.84. The van der Waals surface area contributed by atoms with Gasteiger partial charge in [-0.25, -0.2) is 9.37 Å². The van der Waals surface area contributed by atoms with E-state index in [1.54, 1.807) is 35.5 Å². The third kappa shape index (κ3) is 3.90. The van der Waals surface area contributed by atoms with E-state index >= 15 is 0 Å². The van der Waals surface area contributed by atoms with E-state index in [2.05, 4.69) is 20.2 Å². The molecule has 1 aliphatic heterocycles. The van der Waals surface area contributed by atoms with Gasteiger partial charge in [-0.05, 0) is 31.4 Å². The molecule has 0 aliphatic carbocycles. The molecule has 4 rings (SSSR count). The number of benzene rings is 1. The molecule has 8 heteroatoms. The van der Waals surface area contributed by atoms with Gasteiger partial charge in [-0.15, -0.1) is 10.2 Å². The average Bonchev–Trinajstić information content (AvgIpc) is 3.37. The molecule has 0 saturated carbocycles. The lowest BCUT2D eigenvalue weighted by atomic mass is 10.1. The van der Waals surface area contributed by atoms with Gasteiger partial charge >= 0.3 is 0 Å². The van der Waals surface area contributed by atoms with Crippen LogP contribution in [-0.4, -0.2) is 44.1 Å². The first-order valence-corrected chi connectivity index (χ1v) is 9.24. The fraction of sp³-hybridized carbons (Fsp3) is 0.350. The molecule has 1 atom stereocenters. The van der Waals surface area contributed by atoms with Gasteiger partial charge in [0.15, 0.2) is 0 Å². The maximum absolute atomic E-state index is 13.7. The molecule has 3 aromatic rings. The van der Waals surface area contributed by atoms with Crippen LogP contribution in [0, 0.1) is 12.7 Å². The maximum Gasteiger partial charge on any atom is 0.267 e. The second-order valence-corrected chi connectivity index (χ2v) is 6.91. The van der Waals surface area contributed by atoms with E-state index in [9.17, 15) is 9.18 Å². The smallest absolute Gasteiger partial charge is 0.267 e. The van der Waals surface area contributed by atoms with Gasteiger partial charge in [0, 0.05) is 25.7 Å². The van der Waals surface area contributed by atoms with Gasteiger partial charge in [-0.2, -0.15) is 0 Å². The predicted octanol–water partition coefficient (Wildman–Crippen LogP) is 2.92. The Morgan fingerprint density at radius 2 is 2.11 bits per heavy atom. The Balaban J connectivity index is 1.35. The van der Waals surface area contributed by atoms with E-state index in [4.69, 9.17) is 4.42 Å². The Morgan fingerprint density at radius 3 is 2.89 bits per heavy atom. The van der Waals surface area contributed by atoms with Crippen molar-refractivity contribution in [2.75, 3.05) is 13.1 Å². The lowest BCUT2D eigenvalue weighted by Gasteiger charge is -2.15. The van der Waals surface area contributed by atoms with Crippen LogP contribution in [0.25, 0.3) is 11.6 Å². The van der Waals surface area contributed by atoms with E-state index in [0.29, 0.717) is 42.5 Å². The quantitative estimate of drug-likeness (QED) is 0.676. The van der Waals surface area contributed by atoms with E-state index in [0.717, 1.165) is 12.1 Å². The van der Waals surface area contributed by atoms with Crippen molar-refractivity contribution >= 4 is 5.91 Å². The molecule has 1 fully saturated rings. The monoisotopic (exact) mass is 381 g/mol. The second-order valence-electron chi connectivity index (χ2n) is 6.91. The summed E-state index contributed by atoms with van der Waals surface area (Å²) in [5.41, 5.74) is 1.90. The third-order valence-electron chi connectivity index (χ3n) is 4.90. The Bertz CT molecular complexity index is 973. The standard InChI is InChI=1S/C20H20FN5O2/c1-13-10-23-17(11-22-13)20-25-24-19(28-20)15-8-9-26(12-15)18(27)7-6-14-4-2-3-5-16(14)21/h2-5,10-11,15H,6-9,12H2,1H3. The summed E-state index contributed by atoms with van der Waals surface area (Å²) in [5.74, 6) is 0.563. The molecule has 144 valence electrons. The Morgan fingerprint density at radius 1 is 1.25 bits per heavy atom. The van der Waals surface area contributed by atoms with Crippen molar-refractivity contribution in [2.24, 2.45) is 0 Å². The molecule has 3 heterocycles. The fourth-order valence-electron chi connectivity index (χ4n) is 3.30. The van der Waals surface area contributed by atoms with Crippen LogP contribution in [-0.2, 0) is 11.2 Å². The lowest BCUT2D eigenvalue weighted by Crippen LogP contribution is -2.28. The summed E-state index contributed by atoms with van der Waals surface area (Å²) >= 11 is 0. The molecular weight excluding hydrogens is 361 g/mol. The van der Waals surface area contributed by atoms with Gasteiger partial charge in [0.2, 0.25) is 11.8 Å². The van der Waals surface area contributed by atoms with Crippen LogP contribution in [0.4, 0.5) is 4.39 Å². The van der Waals surface area contributed by atoms with Crippen LogP contribution in [0.1, 0.15) is 35.9 Å². The molecule has 2 aromatic heterocycles. The first-order valence-electron chi connectivity index (χ1n) is 9.24. The number of hydrogen-bond acceptors (Lipinski definition) is 6. The highest BCUT2D eigenvalue weighted by atomic mass is 19.1. The van der Waals surface area contributed by atoms with Crippen LogP contribution in [0.3, 0.4) is 0 Å². The maximum atomic E-state index is 13.7. The molecule has 1 saturated heterocycles. The molecule has 0 radical (unpaired) electrons.